The highest BCUT2D eigenvalue weighted by molar-refractivity contribution is 7.19. The fraction of sp³-hybridized carbons (Fsp3) is 0. The standard InChI is InChI=1S/C43H28N2S/c1-4-12-29(13-5-1)30-22-24-34(25-23-30)45(33-18-8-3-9-19-33)35-26-27-36(39(28-35)31-14-6-2-7-15-31)43-44-41-37-20-10-16-32-17-11-21-38(40(32)37)42(41)46-43/h1-28H. The van der Waals surface area contributed by atoms with Crippen LogP contribution in [-0.4, -0.2) is 4.98 Å². The molecule has 1 aliphatic rings. The number of anilines is 3. The van der Waals surface area contributed by atoms with Crippen LogP contribution in [0.4, 0.5) is 17.1 Å². The second-order valence-electron chi connectivity index (χ2n) is 11.6. The molecule has 1 heterocycles. The Balaban J connectivity index is 1.19. The summed E-state index contributed by atoms with van der Waals surface area (Å²) < 4.78 is 0. The Hall–Kier alpha value is -5.77. The number of para-hydroxylation sites is 1. The van der Waals surface area contributed by atoms with Gasteiger partial charge in [0.05, 0.1) is 10.6 Å². The smallest absolute Gasteiger partial charge is 0.125 e. The topological polar surface area (TPSA) is 16.1 Å². The highest BCUT2D eigenvalue weighted by Crippen LogP contribution is 2.52. The molecule has 0 bridgehead atoms. The molecule has 0 unspecified atom stereocenters. The maximum atomic E-state index is 5.32. The molecule has 8 aromatic rings. The van der Waals surface area contributed by atoms with Crippen molar-refractivity contribution >= 4 is 39.2 Å². The average molecular weight is 605 g/mol. The van der Waals surface area contributed by atoms with Crippen molar-refractivity contribution in [3.8, 4) is 54.5 Å². The molecule has 1 aliphatic carbocycles. The van der Waals surface area contributed by atoms with E-state index in [1.807, 2.05) is 0 Å². The van der Waals surface area contributed by atoms with Crippen LogP contribution < -0.4 is 4.90 Å². The summed E-state index contributed by atoms with van der Waals surface area (Å²) in [6, 6.07) is 60.7. The van der Waals surface area contributed by atoms with Gasteiger partial charge in [-0.25, -0.2) is 4.98 Å². The summed E-state index contributed by atoms with van der Waals surface area (Å²) in [6.45, 7) is 0. The third kappa shape index (κ3) is 4.44. The fourth-order valence-corrected chi connectivity index (χ4v) is 7.85. The first-order valence-electron chi connectivity index (χ1n) is 15.6. The van der Waals surface area contributed by atoms with E-state index in [4.69, 9.17) is 4.98 Å². The van der Waals surface area contributed by atoms with Gasteiger partial charge in [-0.15, -0.1) is 11.3 Å². The van der Waals surface area contributed by atoms with Gasteiger partial charge in [-0.1, -0.05) is 127 Å². The molecule has 216 valence electrons. The summed E-state index contributed by atoms with van der Waals surface area (Å²) in [6.07, 6.45) is 0. The maximum absolute atomic E-state index is 5.32. The molecule has 0 aliphatic heterocycles. The van der Waals surface area contributed by atoms with Crippen LogP contribution in [0.2, 0.25) is 0 Å². The zero-order valence-corrected chi connectivity index (χ0v) is 25.8. The molecule has 0 saturated carbocycles. The van der Waals surface area contributed by atoms with Gasteiger partial charge in [0.1, 0.15) is 5.01 Å². The third-order valence-electron chi connectivity index (χ3n) is 8.86. The number of aromatic nitrogens is 1. The largest absolute Gasteiger partial charge is 0.310 e. The lowest BCUT2D eigenvalue weighted by Crippen LogP contribution is -2.10. The Morgan fingerprint density at radius 2 is 1.00 bits per heavy atom. The number of rotatable bonds is 6. The highest BCUT2D eigenvalue weighted by atomic mass is 32.1. The Labute approximate surface area is 272 Å². The third-order valence-corrected chi connectivity index (χ3v) is 9.98. The molecular formula is C43H28N2S. The van der Waals surface area contributed by atoms with E-state index >= 15 is 0 Å². The Morgan fingerprint density at radius 1 is 0.413 bits per heavy atom. The molecule has 0 radical (unpaired) electrons. The summed E-state index contributed by atoms with van der Waals surface area (Å²) in [5.41, 5.74) is 12.8. The normalized spacial score (nSPS) is 11.5. The van der Waals surface area contributed by atoms with Crippen molar-refractivity contribution in [1.82, 2.24) is 4.98 Å². The lowest BCUT2D eigenvalue weighted by atomic mass is 9.98. The predicted octanol–water partition coefficient (Wildman–Crippen LogP) is 12.4. The van der Waals surface area contributed by atoms with Gasteiger partial charge in [0.2, 0.25) is 0 Å². The summed E-state index contributed by atoms with van der Waals surface area (Å²) in [4.78, 5) is 8.92. The van der Waals surface area contributed by atoms with E-state index in [1.54, 1.807) is 11.3 Å². The van der Waals surface area contributed by atoms with Crippen LogP contribution in [0.5, 0.6) is 0 Å². The van der Waals surface area contributed by atoms with E-state index < -0.39 is 0 Å². The van der Waals surface area contributed by atoms with Gasteiger partial charge in [-0.3, -0.25) is 0 Å². The molecule has 0 N–H and O–H groups in total. The van der Waals surface area contributed by atoms with Crippen LogP contribution >= 0.6 is 11.3 Å². The number of thiazole rings is 1. The minimum atomic E-state index is 1.04. The molecule has 1 aromatic heterocycles. The number of nitrogens with zero attached hydrogens (tertiary/aromatic N) is 2. The van der Waals surface area contributed by atoms with Gasteiger partial charge < -0.3 is 4.90 Å². The second-order valence-corrected chi connectivity index (χ2v) is 12.6. The number of benzene rings is 7. The van der Waals surface area contributed by atoms with Gasteiger partial charge in [0, 0.05) is 33.8 Å². The Kier molecular flexibility index (Phi) is 6.36. The van der Waals surface area contributed by atoms with Crippen LogP contribution in [-0.2, 0) is 0 Å². The van der Waals surface area contributed by atoms with E-state index in [9.17, 15) is 0 Å². The lowest BCUT2D eigenvalue weighted by molar-refractivity contribution is 1.28. The second kappa shape index (κ2) is 11.0. The SMILES string of the molecule is c1ccc(-c2ccc(N(c3ccccc3)c3ccc(-c4nc5c(s4)-c4cccc6cccc-5c46)c(-c4ccccc4)c3)cc2)cc1. The van der Waals surface area contributed by atoms with E-state index in [-0.39, 0.29) is 0 Å². The Morgan fingerprint density at radius 3 is 1.72 bits per heavy atom. The molecule has 7 aromatic carbocycles. The predicted molar refractivity (Wildman–Crippen MR) is 195 cm³/mol. The van der Waals surface area contributed by atoms with Crippen molar-refractivity contribution in [2.75, 3.05) is 4.90 Å². The zero-order chi connectivity index (χ0) is 30.5. The minimum Gasteiger partial charge on any atom is -0.310 e. The summed E-state index contributed by atoms with van der Waals surface area (Å²) in [5, 5.41) is 3.63. The number of hydrogen-bond donors (Lipinski definition) is 0. The summed E-state index contributed by atoms with van der Waals surface area (Å²) in [7, 11) is 0. The molecule has 0 saturated heterocycles. The lowest BCUT2D eigenvalue weighted by Gasteiger charge is -2.27. The fourth-order valence-electron chi connectivity index (χ4n) is 6.70. The quantitative estimate of drug-likeness (QED) is 0.188. The highest BCUT2D eigenvalue weighted by Gasteiger charge is 2.27. The first kappa shape index (κ1) is 26.6. The van der Waals surface area contributed by atoms with Gasteiger partial charge in [0.15, 0.2) is 0 Å². The number of hydrogen-bond acceptors (Lipinski definition) is 3. The molecular weight excluding hydrogens is 577 g/mol. The van der Waals surface area contributed by atoms with Gasteiger partial charge >= 0.3 is 0 Å². The molecule has 9 rings (SSSR count). The van der Waals surface area contributed by atoms with Gasteiger partial charge in [-0.05, 0) is 75.5 Å². The summed E-state index contributed by atoms with van der Waals surface area (Å²) in [5.74, 6) is 0. The van der Waals surface area contributed by atoms with E-state index in [0.717, 1.165) is 33.3 Å². The van der Waals surface area contributed by atoms with Gasteiger partial charge in [0.25, 0.3) is 0 Å². The van der Waals surface area contributed by atoms with Gasteiger partial charge in [-0.2, -0.15) is 0 Å². The molecule has 2 nitrogen and oxygen atoms in total. The molecule has 46 heavy (non-hydrogen) atoms. The Bertz CT molecular complexity index is 2290. The van der Waals surface area contributed by atoms with Crippen LogP contribution in [0.3, 0.4) is 0 Å². The molecule has 0 amide bonds. The van der Waals surface area contributed by atoms with Crippen molar-refractivity contribution in [3.63, 3.8) is 0 Å². The van der Waals surface area contributed by atoms with Crippen LogP contribution in [0.25, 0.3) is 65.3 Å². The maximum Gasteiger partial charge on any atom is 0.125 e. The van der Waals surface area contributed by atoms with Crippen LogP contribution in [0.15, 0.2) is 170 Å². The van der Waals surface area contributed by atoms with Crippen molar-refractivity contribution in [1.29, 1.82) is 0 Å². The molecule has 0 atom stereocenters. The van der Waals surface area contributed by atoms with Crippen molar-refractivity contribution in [3.05, 3.63) is 170 Å². The average Bonchev–Trinajstić information content (AvgIpc) is 3.70. The molecule has 0 fully saturated rings. The first-order valence-corrected chi connectivity index (χ1v) is 16.4. The van der Waals surface area contributed by atoms with E-state index in [2.05, 4.69) is 175 Å². The van der Waals surface area contributed by atoms with Crippen LogP contribution in [0, 0.1) is 0 Å². The number of fused-ring (bicyclic) bond motifs is 3. The van der Waals surface area contributed by atoms with E-state index in [0.29, 0.717) is 0 Å². The van der Waals surface area contributed by atoms with E-state index in [1.165, 1.54) is 49.0 Å². The zero-order valence-electron chi connectivity index (χ0n) is 25.0. The first-order chi connectivity index (χ1) is 22.8. The molecule has 3 heteroatoms. The van der Waals surface area contributed by atoms with Crippen molar-refractivity contribution in [2.45, 2.75) is 0 Å². The van der Waals surface area contributed by atoms with Crippen molar-refractivity contribution in [2.24, 2.45) is 0 Å². The minimum absolute atomic E-state index is 1.04. The monoisotopic (exact) mass is 604 g/mol. The summed E-state index contributed by atoms with van der Waals surface area (Å²) >= 11 is 1.80. The van der Waals surface area contributed by atoms with Crippen molar-refractivity contribution < 1.29 is 0 Å². The van der Waals surface area contributed by atoms with Crippen LogP contribution in [0.1, 0.15) is 0 Å². The molecule has 0 spiro atoms.